The van der Waals surface area contributed by atoms with Gasteiger partial charge >= 0.3 is 11.9 Å². The first kappa shape index (κ1) is 17.5. The first-order valence-corrected chi connectivity index (χ1v) is 7.82. The van der Waals surface area contributed by atoms with Gasteiger partial charge in [0.25, 0.3) is 0 Å². The van der Waals surface area contributed by atoms with Crippen LogP contribution < -0.4 is 0 Å². The molecule has 0 heterocycles. The maximum absolute atomic E-state index is 12.3. The number of hydrogen-bond donors (Lipinski definition) is 1. The van der Waals surface area contributed by atoms with Crippen LogP contribution in [0.1, 0.15) is 18.1 Å². The molecule has 4 nitrogen and oxygen atoms in total. The fourth-order valence-electron chi connectivity index (χ4n) is 2.43. The number of aliphatic carboxylic acids is 1. The van der Waals surface area contributed by atoms with E-state index in [4.69, 9.17) is 4.74 Å². The summed E-state index contributed by atoms with van der Waals surface area (Å²) in [5, 5.41) is 9.63. The molecule has 0 spiro atoms. The van der Waals surface area contributed by atoms with E-state index in [9.17, 15) is 14.7 Å². The van der Waals surface area contributed by atoms with Gasteiger partial charge in [0, 0.05) is 12.8 Å². The van der Waals surface area contributed by atoms with Gasteiger partial charge in [-0.3, -0.25) is 0 Å². The maximum Gasteiger partial charge on any atom is 0.334 e. The molecule has 0 aliphatic carbocycles. The largest absolute Gasteiger partial charge is 0.478 e. The molecule has 0 fully saturated rings. The van der Waals surface area contributed by atoms with Gasteiger partial charge in [-0.1, -0.05) is 60.7 Å². The molecule has 0 aromatic heterocycles. The lowest BCUT2D eigenvalue weighted by atomic mass is 9.95. The number of carbonyl (C=O) groups is 2. The Morgan fingerprint density at radius 2 is 1.29 bits per heavy atom. The monoisotopic (exact) mass is 324 g/mol. The average molecular weight is 324 g/mol. The van der Waals surface area contributed by atoms with Crippen LogP contribution in [0, 0.1) is 0 Å². The zero-order valence-corrected chi connectivity index (χ0v) is 13.6. The number of carbonyl (C=O) groups excluding carboxylic acids is 1. The van der Waals surface area contributed by atoms with E-state index in [1.165, 1.54) is 0 Å². The van der Waals surface area contributed by atoms with Crippen molar-refractivity contribution in [3.05, 3.63) is 82.9 Å². The summed E-state index contributed by atoms with van der Waals surface area (Å²) >= 11 is 0. The number of carboxylic acid groups (broad SMARTS) is 1. The lowest BCUT2D eigenvalue weighted by Gasteiger charge is -2.12. The number of rotatable bonds is 7. The number of carboxylic acids is 1. The lowest BCUT2D eigenvalue weighted by Crippen LogP contribution is -2.18. The Hall–Kier alpha value is -2.88. The van der Waals surface area contributed by atoms with Crippen LogP contribution in [-0.2, 0) is 27.2 Å². The molecular formula is C20H20O4. The average Bonchev–Trinajstić information content (AvgIpc) is 2.60. The van der Waals surface area contributed by atoms with Gasteiger partial charge in [-0.2, -0.15) is 0 Å². The molecule has 0 saturated heterocycles. The Bertz CT molecular complexity index is 718. The first-order chi connectivity index (χ1) is 11.6. The van der Waals surface area contributed by atoms with Crippen LogP contribution in [0.3, 0.4) is 0 Å². The third kappa shape index (κ3) is 4.81. The van der Waals surface area contributed by atoms with Crippen molar-refractivity contribution in [2.75, 3.05) is 6.61 Å². The number of ether oxygens (including phenoxy) is 1. The second-order valence-corrected chi connectivity index (χ2v) is 5.31. The molecule has 0 aliphatic heterocycles. The molecule has 0 saturated carbocycles. The zero-order valence-electron chi connectivity index (χ0n) is 13.6. The van der Waals surface area contributed by atoms with Crippen LogP contribution in [-0.4, -0.2) is 23.7 Å². The Labute approximate surface area is 141 Å². The summed E-state index contributed by atoms with van der Waals surface area (Å²) in [6, 6.07) is 18.5. The van der Waals surface area contributed by atoms with Crippen molar-refractivity contribution < 1.29 is 19.4 Å². The molecule has 1 N–H and O–H groups in total. The second kappa shape index (κ2) is 8.67. The van der Waals surface area contributed by atoms with Gasteiger partial charge in [0.15, 0.2) is 0 Å². The molecular weight excluding hydrogens is 304 g/mol. The fraction of sp³-hybridized carbons (Fsp3) is 0.200. The van der Waals surface area contributed by atoms with Crippen LogP contribution in [0.15, 0.2) is 71.8 Å². The van der Waals surface area contributed by atoms with E-state index in [-0.39, 0.29) is 30.6 Å². The van der Waals surface area contributed by atoms with E-state index in [2.05, 4.69) is 0 Å². The Morgan fingerprint density at radius 3 is 1.71 bits per heavy atom. The van der Waals surface area contributed by atoms with Gasteiger partial charge < -0.3 is 9.84 Å². The highest BCUT2D eigenvalue weighted by molar-refractivity contribution is 6.00. The van der Waals surface area contributed by atoms with Gasteiger partial charge in [0.2, 0.25) is 0 Å². The minimum absolute atomic E-state index is 0.0727. The predicted molar refractivity (Wildman–Crippen MR) is 91.6 cm³/mol. The Kier molecular flexibility index (Phi) is 6.32. The summed E-state index contributed by atoms with van der Waals surface area (Å²) in [6.07, 6.45) is 0.408. The van der Waals surface area contributed by atoms with E-state index >= 15 is 0 Å². The number of benzene rings is 2. The highest BCUT2D eigenvalue weighted by Gasteiger charge is 2.22. The highest BCUT2D eigenvalue weighted by Crippen LogP contribution is 2.19. The summed E-state index contributed by atoms with van der Waals surface area (Å²) in [5.74, 6) is -1.67. The SMILES string of the molecule is CCOC(=O)/C(Cc1ccccc1)=C(/Cc1ccccc1)C(=O)O. The summed E-state index contributed by atoms with van der Waals surface area (Å²) in [5.41, 5.74) is 1.97. The lowest BCUT2D eigenvalue weighted by molar-refractivity contribution is -0.140. The molecule has 2 rings (SSSR count). The molecule has 0 atom stereocenters. The molecule has 0 amide bonds. The van der Waals surface area contributed by atoms with Crippen LogP contribution in [0.2, 0.25) is 0 Å². The molecule has 0 radical (unpaired) electrons. The summed E-state index contributed by atoms with van der Waals surface area (Å²) in [4.78, 5) is 24.1. The standard InChI is InChI=1S/C20H20O4/c1-2-24-20(23)18(14-16-11-7-4-8-12-16)17(19(21)22)13-15-9-5-3-6-10-15/h3-12H,2,13-14H2,1H3,(H,21,22)/b18-17-. The van der Waals surface area contributed by atoms with Gasteiger partial charge in [-0.25, -0.2) is 9.59 Å². The summed E-state index contributed by atoms with van der Waals surface area (Å²) < 4.78 is 5.08. The van der Waals surface area contributed by atoms with E-state index < -0.39 is 11.9 Å². The summed E-state index contributed by atoms with van der Waals surface area (Å²) in [6.45, 7) is 1.91. The van der Waals surface area contributed by atoms with Crippen molar-refractivity contribution in [1.82, 2.24) is 0 Å². The number of hydrogen-bond acceptors (Lipinski definition) is 3. The van der Waals surface area contributed by atoms with Crippen molar-refractivity contribution in [3.63, 3.8) is 0 Å². The molecule has 2 aromatic carbocycles. The normalized spacial score (nSPS) is 11.5. The molecule has 24 heavy (non-hydrogen) atoms. The first-order valence-electron chi connectivity index (χ1n) is 7.82. The zero-order chi connectivity index (χ0) is 17.4. The second-order valence-electron chi connectivity index (χ2n) is 5.31. The van der Waals surface area contributed by atoms with E-state index in [0.29, 0.717) is 0 Å². The van der Waals surface area contributed by atoms with Gasteiger partial charge in [0.05, 0.1) is 17.8 Å². The third-order valence-corrected chi connectivity index (χ3v) is 3.59. The van der Waals surface area contributed by atoms with E-state index in [1.807, 2.05) is 60.7 Å². The van der Waals surface area contributed by atoms with Crippen molar-refractivity contribution in [3.8, 4) is 0 Å². The van der Waals surface area contributed by atoms with Crippen molar-refractivity contribution in [1.29, 1.82) is 0 Å². The van der Waals surface area contributed by atoms with Gasteiger partial charge in [-0.15, -0.1) is 0 Å². The predicted octanol–water partition coefficient (Wildman–Crippen LogP) is 3.42. The van der Waals surface area contributed by atoms with Crippen molar-refractivity contribution in [2.45, 2.75) is 19.8 Å². The van der Waals surface area contributed by atoms with Crippen LogP contribution in [0.4, 0.5) is 0 Å². The summed E-state index contributed by atoms with van der Waals surface area (Å²) in [7, 11) is 0. The molecule has 0 unspecified atom stereocenters. The van der Waals surface area contributed by atoms with Gasteiger partial charge in [0.1, 0.15) is 0 Å². The molecule has 0 bridgehead atoms. The van der Waals surface area contributed by atoms with Crippen LogP contribution in [0.5, 0.6) is 0 Å². The molecule has 4 heteroatoms. The third-order valence-electron chi connectivity index (χ3n) is 3.59. The molecule has 0 aliphatic rings. The fourth-order valence-corrected chi connectivity index (χ4v) is 2.43. The maximum atomic E-state index is 12.3. The van der Waals surface area contributed by atoms with Crippen LogP contribution in [0.25, 0.3) is 0 Å². The Balaban J connectivity index is 2.43. The topological polar surface area (TPSA) is 63.6 Å². The van der Waals surface area contributed by atoms with Gasteiger partial charge in [-0.05, 0) is 18.1 Å². The molecule has 2 aromatic rings. The minimum atomic E-state index is -1.10. The van der Waals surface area contributed by atoms with Crippen molar-refractivity contribution >= 4 is 11.9 Å². The van der Waals surface area contributed by atoms with Crippen LogP contribution >= 0.6 is 0 Å². The molecule has 124 valence electrons. The quantitative estimate of drug-likeness (QED) is 0.626. The van der Waals surface area contributed by atoms with E-state index in [0.717, 1.165) is 11.1 Å². The smallest absolute Gasteiger partial charge is 0.334 e. The minimum Gasteiger partial charge on any atom is -0.478 e. The Morgan fingerprint density at radius 1 is 0.833 bits per heavy atom. The highest BCUT2D eigenvalue weighted by atomic mass is 16.5. The number of esters is 1. The van der Waals surface area contributed by atoms with Crippen molar-refractivity contribution in [2.24, 2.45) is 0 Å². The van der Waals surface area contributed by atoms with E-state index in [1.54, 1.807) is 6.92 Å².